The molecule has 1 aliphatic heterocycles. The molecule has 1 N–H and O–H groups in total. The van der Waals surface area contributed by atoms with E-state index in [1.807, 2.05) is 19.1 Å². The van der Waals surface area contributed by atoms with E-state index in [2.05, 4.69) is 17.4 Å². The first-order chi connectivity index (χ1) is 8.27. The van der Waals surface area contributed by atoms with Crippen molar-refractivity contribution in [2.24, 2.45) is 0 Å². The molecule has 2 unspecified atom stereocenters. The Kier molecular flexibility index (Phi) is 4.69. The third-order valence-corrected chi connectivity index (χ3v) is 3.36. The Morgan fingerprint density at radius 3 is 3.12 bits per heavy atom. The van der Waals surface area contributed by atoms with Crippen molar-refractivity contribution in [3.8, 4) is 5.75 Å². The summed E-state index contributed by atoms with van der Waals surface area (Å²) < 4.78 is 5.65. The van der Waals surface area contributed by atoms with Crippen molar-refractivity contribution < 1.29 is 4.74 Å². The largest absolute Gasteiger partial charge is 0.493 e. The van der Waals surface area contributed by atoms with E-state index in [4.69, 9.17) is 16.3 Å². The lowest BCUT2D eigenvalue weighted by Gasteiger charge is -2.10. The molecule has 0 aliphatic carbocycles. The number of halogens is 1. The number of nitrogens with one attached hydrogen (secondary N) is 1. The van der Waals surface area contributed by atoms with Gasteiger partial charge in [0.25, 0.3) is 0 Å². The van der Waals surface area contributed by atoms with Gasteiger partial charge in [-0.1, -0.05) is 18.2 Å². The fourth-order valence-corrected chi connectivity index (χ4v) is 2.34. The molecule has 1 aliphatic rings. The number of ether oxygens (including phenoxy) is 1. The second-order valence-corrected chi connectivity index (χ2v) is 5.42. The fraction of sp³-hybridized carbons (Fsp3) is 0.571. The van der Waals surface area contributed by atoms with Crippen LogP contribution in [0.25, 0.3) is 0 Å². The summed E-state index contributed by atoms with van der Waals surface area (Å²) in [5.74, 6) is 1.55. The van der Waals surface area contributed by atoms with Gasteiger partial charge in [-0.25, -0.2) is 0 Å². The summed E-state index contributed by atoms with van der Waals surface area (Å²) in [7, 11) is 0. The van der Waals surface area contributed by atoms with Gasteiger partial charge in [-0.2, -0.15) is 0 Å². The van der Waals surface area contributed by atoms with Crippen molar-refractivity contribution >= 4 is 11.6 Å². The minimum absolute atomic E-state index is 0.285. The van der Waals surface area contributed by atoms with Gasteiger partial charge in [0.1, 0.15) is 5.75 Å². The van der Waals surface area contributed by atoms with Crippen LogP contribution in [0.5, 0.6) is 5.75 Å². The van der Waals surface area contributed by atoms with Crippen molar-refractivity contribution in [3.05, 3.63) is 29.8 Å². The molecule has 1 aromatic rings. The summed E-state index contributed by atoms with van der Waals surface area (Å²) in [6.07, 6.45) is 2.21. The molecule has 0 spiro atoms. The van der Waals surface area contributed by atoms with Crippen LogP contribution >= 0.6 is 11.6 Å². The highest BCUT2D eigenvalue weighted by Gasteiger charge is 2.22. The Morgan fingerprint density at radius 1 is 1.47 bits per heavy atom. The molecule has 2 nitrogen and oxygen atoms in total. The maximum absolute atomic E-state index is 5.90. The van der Waals surface area contributed by atoms with Crippen LogP contribution in [0, 0.1) is 0 Å². The van der Waals surface area contributed by atoms with Gasteiger partial charge in [-0.05, 0) is 32.4 Å². The van der Waals surface area contributed by atoms with E-state index in [1.54, 1.807) is 0 Å². The van der Waals surface area contributed by atoms with Crippen molar-refractivity contribution in [2.45, 2.75) is 31.1 Å². The Morgan fingerprint density at radius 2 is 2.29 bits per heavy atom. The topological polar surface area (TPSA) is 21.3 Å². The summed E-state index contributed by atoms with van der Waals surface area (Å²) in [5.41, 5.74) is 1.34. The highest BCUT2D eigenvalue weighted by Crippen LogP contribution is 2.32. The molecule has 0 fully saturated rings. The van der Waals surface area contributed by atoms with E-state index in [1.165, 1.54) is 5.56 Å². The number of benzene rings is 1. The summed E-state index contributed by atoms with van der Waals surface area (Å²) in [6, 6.07) is 8.31. The minimum Gasteiger partial charge on any atom is -0.493 e. The Balaban J connectivity index is 1.71. The van der Waals surface area contributed by atoms with Crippen LogP contribution in [0.4, 0.5) is 0 Å². The number of para-hydroxylation sites is 1. The van der Waals surface area contributed by atoms with Crippen molar-refractivity contribution in [1.82, 2.24) is 5.32 Å². The van der Waals surface area contributed by atoms with Gasteiger partial charge in [0.05, 0.1) is 6.61 Å². The summed E-state index contributed by atoms with van der Waals surface area (Å²) >= 11 is 5.90. The van der Waals surface area contributed by atoms with E-state index in [0.717, 1.165) is 38.3 Å². The van der Waals surface area contributed by atoms with Crippen LogP contribution in [-0.2, 0) is 0 Å². The lowest BCUT2D eigenvalue weighted by atomic mass is 10.0. The molecule has 0 saturated carbocycles. The van der Waals surface area contributed by atoms with Crippen LogP contribution in [0.2, 0.25) is 0 Å². The number of hydrogen-bond acceptors (Lipinski definition) is 2. The average Bonchev–Trinajstić information content (AvgIpc) is 2.72. The molecule has 0 amide bonds. The van der Waals surface area contributed by atoms with Crippen LogP contribution in [0.1, 0.15) is 31.2 Å². The number of fused-ring (bicyclic) bond motifs is 1. The zero-order valence-corrected chi connectivity index (χ0v) is 11.0. The molecule has 94 valence electrons. The first-order valence-corrected chi connectivity index (χ1v) is 6.77. The molecule has 1 aromatic carbocycles. The maximum Gasteiger partial charge on any atom is 0.122 e. The standard InChI is InChI=1S/C14H20ClNO/c1-11(15)5-4-8-16-9-12-10-17-14-7-3-2-6-13(12)14/h2-3,6-7,11-12,16H,4-5,8-10H2,1H3. The zero-order valence-electron chi connectivity index (χ0n) is 10.3. The molecule has 0 bridgehead atoms. The number of hydrogen-bond donors (Lipinski definition) is 1. The Hall–Kier alpha value is -0.730. The number of alkyl halides is 1. The third-order valence-electron chi connectivity index (χ3n) is 3.15. The van der Waals surface area contributed by atoms with E-state index < -0.39 is 0 Å². The van der Waals surface area contributed by atoms with Gasteiger partial charge in [0.2, 0.25) is 0 Å². The second kappa shape index (κ2) is 6.27. The smallest absolute Gasteiger partial charge is 0.122 e. The van der Waals surface area contributed by atoms with Gasteiger partial charge >= 0.3 is 0 Å². The van der Waals surface area contributed by atoms with Crippen LogP contribution in [0.15, 0.2) is 24.3 Å². The molecular weight excluding hydrogens is 234 g/mol. The summed E-state index contributed by atoms with van der Waals surface area (Å²) in [5, 5.41) is 3.77. The predicted molar refractivity (Wildman–Crippen MR) is 72.1 cm³/mol. The first kappa shape index (κ1) is 12.7. The van der Waals surface area contributed by atoms with Crippen molar-refractivity contribution in [1.29, 1.82) is 0 Å². The van der Waals surface area contributed by atoms with E-state index in [9.17, 15) is 0 Å². The zero-order chi connectivity index (χ0) is 12.1. The molecule has 0 radical (unpaired) electrons. The molecule has 2 atom stereocenters. The second-order valence-electron chi connectivity index (χ2n) is 4.67. The van der Waals surface area contributed by atoms with Gasteiger partial charge in [0.15, 0.2) is 0 Å². The van der Waals surface area contributed by atoms with Crippen LogP contribution in [0.3, 0.4) is 0 Å². The lowest BCUT2D eigenvalue weighted by Crippen LogP contribution is -2.23. The molecular formula is C14H20ClNO. The normalized spacial score (nSPS) is 19.8. The van der Waals surface area contributed by atoms with Gasteiger partial charge in [0, 0.05) is 23.4 Å². The summed E-state index contributed by atoms with van der Waals surface area (Å²) in [4.78, 5) is 0. The van der Waals surface area contributed by atoms with E-state index in [0.29, 0.717) is 5.92 Å². The van der Waals surface area contributed by atoms with E-state index in [-0.39, 0.29) is 5.38 Å². The number of rotatable bonds is 6. The quantitative estimate of drug-likeness (QED) is 0.621. The monoisotopic (exact) mass is 253 g/mol. The van der Waals surface area contributed by atoms with Crippen molar-refractivity contribution in [2.75, 3.05) is 19.7 Å². The predicted octanol–water partition coefficient (Wildman–Crippen LogP) is 3.16. The minimum atomic E-state index is 0.285. The summed E-state index contributed by atoms with van der Waals surface area (Å²) in [6.45, 7) is 4.88. The molecule has 0 saturated heterocycles. The van der Waals surface area contributed by atoms with Gasteiger partial charge in [-0.3, -0.25) is 0 Å². The van der Waals surface area contributed by atoms with Crippen LogP contribution < -0.4 is 10.1 Å². The molecule has 1 heterocycles. The van der Waals surface area contributed by atoms with Crippen LogP contribution in [-0.4, -0.2) is 25.1 Å². The molecule has 0 aromatic heterocycles. The first-order valence-electron chi connectivity index (χ1n) is 6.34. The molecule has 3 heteroatoms. The Bertz CT molecular complexity index is 354. The highest BCUT2D eigenvalue weighted by molar-refractivity contribution is 6.20. The van der Waals surface area contributed by atoms with E-state index >= 15 is 0 Å². The Labute approximate surface area is 108 Å². The molecule has 17 heavy (non-hydrogen) atoms. The third kappa shape index (κ3) is 3.62. The fourth-order valence-electron chi connectivity index (χ4n) is 2.18. The lowest BCUT2D eigenvalue weighted by molar-refractivity contribution is 0.326. The van der Waals surface area contributed by atoms with Crippen molar-refractivity contribution in [3.63, 3.8) is 0 Å². The maximum atomic E-state index is 5.90. The van der Waals surface area contributed by atoms with Gasteiger partial charge in [-0.15, -0.1) is 11.6 Å². The SMILES string of the molecule is CC(Cl)CCCNCC1COc2ccccc21. The molecule has 2 rings (SSSR count). The average molecular weight is 254 g/mol. The van der Waals surface area contributed by atoms with Gasteiger partial charge < -0.3 is 10.1 Å². The highest BCUT2D eigenvalue weighted by atomic mass is 35.5.